The third kappa shape index (κ3) is 3.62. The van der Waals surface area contributed by atoms with E-state index in [1.807, 2.05) is 0 Å². The summed E-state index contributed by atoms with van der Waals surface area (Å²) >= 11 is 0. The van der Waals surface area contributed by atoms with Crippen molar-refractivity contribution in [1.82, 2.24) is 9.80 Å². The molecule has 3 rings (SSSR count). The van der Waals surface area contributed by atoms with Gasteiger partial charge >= 0.3 is 0 Å². The zero-order valence-electron chi connectivity index (χ0n) is 15.3. The van der Waals surface area contributed by atoms with Crippen LogP contribution in [0, 0.1) is 5.82 Å². The number of nitrogens with zero attached hydrogens (tertiary/aromatic N) is 4. The molecular weight excluding hydrogens is 353 g/mol. The van der Waals surface area contributed by atoms with Gasteiger partial charge in [-0.3, -0.25) is 19.4 Å². The molecule has 2 N–H and O–H groups in total. The van der Waals surface area contributed by atoms with Crippen LogP contribution in [0.4, 0.5) is 10.1 Å². The fourth-order valence-corrected chi connectivity index (χ4v) is 3.42. The Balaban J connectivity index is 1.86. The van der Waals surface area contributed by atoms with Gasteiger partial charge in [-0.25, -0.2) is 4.39 Å². The lowest BCUT2D eigenvalue weighted by atomic mass is 10.1. The summed E-state index contributed by atoms with van der Waals surface area (Å²) in [4.78, 5) is 40.1. The van der Waals surface area contributed by atoms with Crippen molar-refractivity contribution in [1.29, 1.82) is 0 Å². The maximum absolute atomic E-state index is 13.2. The van der Waals surface area contributed by atoms with Gasteiger partial charge in [-0.15, -0.1) is 0 Å². The summed E-state index contributed by atoms with van der Waals surface area (Å²) in [5, 5.41) is 5.63. The molecule has 0 unspecified atom stereocenters. The predicted octanol–water partition coefficient (Wildman–Crippen LogP) is 0.325. The minimum atomic E-state index is -0.833. The fraction of sp³-hybridized carbons (Fsp3) is 0.444. The van der Waals surface area contributed by atoms with E-state index in [2.05, 4.69) is 5.10 Å². The van der Waals surface area contributed by atoms with E-state index >= 15 is 0 Å². The average Bonchev–Trinajstić information content (AvgIpc) is 3.28. The highest BCUT2D eigenvalue weighted by molar-refractivity contribution is 6.40. The van der Waals surface area contributed by atoms with Crippen molar-refractivity contribution in [2.24, 2.45) is 10.8 Å². The maximum atomic E-state index is 13.2. The topological polar surface area (TPSA) is 99.3 Å². The Morgan fingerprint density at radius 3 is 2.44 bits per heavy atom. The molecule has 0 bridgehead atoms. The Kier molecular flexibility index (Phi) is 5.11. The van der Waals surface area contributed by atoms with Gasteiger partial charge in [-0.1, -0.05) is 0 Å². The van der Waals surface area contributed by atoms with Crippen LogP contribution in [0.2, 0.25) is 0 Å². The predicted molar refractivity (Wildman–Crippen MR) is 97.3 cm³/mol. The highest BCUT2D eigenvalue weighted by Crippen LogP contribution is 2.27. The van der Waals surface area contributed by atoms with Crippen LogP contribution in [0.3, 0.4) is 0 Å². The van der Waals surface area contributed by atoms with E-state index < -0.39 is 23.8 Å². The molecule has 27 heavy (non-hydrogen) atoms. The number of anilines is 1. The molecule has 2 aliphatic rings. The van der Waals surface area contributed by atoms with Crippen molar-refractivity contribution in [2.75, 3.05) is 25.6 Å². The second-order valence-electron chi connectivity index (χ2n) is 6.88. The standard InChI is InChI=1S/C18H22FN5O3/c1-22(2)18(27)14-4-3-9-23(14)17(26)13-10-15(16(20)25)24(21-13)12-7-5-11(19)6-8-12/h5-8,14-15H,3-4,9-10H2,1-2H3,(H2,20,25)/t14-,15-/m1/s1. The summed E-state index contributed by atoms with van der Waals surface area (Å²) < 4.78 is 13.2. The number of nitrogens with two attached hydrogens (primary N) is 1. The fourth-order valence-electron chi connectivity index (χ4n) is 3.42. The number of likely N-dealkylation sites (N-methyl/N-ethyl adjacent to an activating group) is 1. The number of hydrogen-bond donors (Lipinski definition) is 1. The Bertz CT molecular complexity index is 793. The monoisotopic (exact) mass is 375 g/mol. The van der Waals surface area contributed by atoms with Crippen molar-refractivity contribution in [3.05, 3.63) is 30.1 Å². The van der Waals surface area contributed by atoms with Crippen molar-refractivity contribution in [3.63, 3.8) is 0 Å². The largest absolute Gasteiger partial charge is 0.368 e. The molecule has 1 aromatic rings. The minimum Gasteiger partial charge on any atom is -0.368 e. The highest BCUT2D eigenvalue weighted by atomic mass is 19.1. The smallest absolute Gasteiger partial charge is 0.270 e. The lowest BCUT2D eigenvalue weighted by Gasteiger charge is -2.26. The van der Waals surface area contributed by atoms with Gasteiger partial charge in [-0.05, 0) is 37.1 Å². The van der Waals surface area contributed by atoms with Crippen molar-refractivity contribution in [3.8, 4) is 0 Å². The Morgan fingerprint density at radius 2 is 1.85 bits per heavy atom. The van der Waals surface area contributed by atoms with Crippen LogP contribution >= 0.6 is 0 Å². The SMILES string of the molecule is CN(C)C(=O)[C@H]1CCCN1C(=O)C1=NN(c2ccc(F)cc2)[C@@H](C(N)=O)C1. The van der Waals surface area contributed by atoms with Gasteiger partial charge in [-0.2, -0.15) is 5.10 Å². The van der Waals surface area contributed by atoms with Crippen LogP contribution in [0.1, 0.15) is 19.3 Å². The Morgan fingerprint density at radius 1 is 1.19 bits per heavy atom. The normalized spacial score (nSPS) is 22.0. The number of hydrogen-bond acceptors (Lipinski definition) is 5. The average molecular weight is 375 g/mol. The van der Waals surface area contributed by atoms with Crippen LogP contribution in [0.15, 0.2) is 29.4 Å². The van der Waals surface area contributed by atoms with Gasteiger partial charge in [0.25, 0.3) is 5.91 Å². The number of likely N-dealkylation sites (tertiary alicyclic amines) is 1. The molecule has 1 saturated heterocycles. The zero-order valence-corrected chi connectivity index (χ0v) is 15.3. The van der Waals surface area contributed by atoms with E-state index in [0.29, 0.717) is 18.7 Å². The first-order valence-corrected chi connectivity index (χ1v) is 8.73. The first-order chi connectivity index (χ1) is 12.8. The molecule has 0 radical (unpaired) electrons. The summed E-state index contributed by atoms with van der Waals surface area (Å²) in [6.07, 6.45) is 1.37. The number of carbonyl (C=O) groups is 3. The summed E-state index contributed by atoms with van der Waals surface area (Å²) in [5.74, 6) is -1.56. The molecule has 0 spiro atoms. The van der Waals surface area contributed by atoms with Gasteiger partial charge < -0.3 is 15.5 Å². The molecule has 0 aromatic heterocycles. The van der Waals surface area contributed by atoms with Gasteiger partial charge in [0.2, 0.25) is 11.8 Å². The molecule has 2 aliphatic heterocycles. The van der Waals surface area contributed by atoms with Crippen molar-refractivity contribution < 1.29 is 18.8 Å². The van der Waals surface area contributed by atoms with Crippen LogP contribution in [-0.4, -0.2) is 66.0 Å². The van der Waals surface area contributed by atoms with Crippen molar-refractivity contribution >= 4 is 29.1 Å². The first kappa shape index (κ1) is 18.8. The molecule has 2 heterocycles. The molecule has 0 saturated carbocycles. The van der Waals surface area contributed by atoms with E-state index in [-0.39, 0.29) is 23.9 Å². The van der Waals surface area contributed by atoms with Crippen LogP contribution in [-0.2, 0) is 14.4 Å². The van der Waals surface area contributed by atoms with E-state index in [1.165, 1.54) is 39.1 Å². The van der Waals surface area contributed by atoms with Crippen LogP contribution in [0.5, 0.6) is 0 Å². The number of amides is 3. The number of halogens is 1. The molecule has 144 valence electrons. The maximum Gasteiger partial charge on any atom is 0.270 e. The van der Waals surface area contributed by atoms with E-state index in [9.17, 15) is 18.8 Å². The summed E-state index contributed by atoms with van der Waals surface area (Å²) in [5.41, 5.74) is 6.10. The quantitative estimate of drug-likeness (QED) is 0.819. The minimum absolute atomic E-state index is 0.0465. The molecule has 0 aliphatic carbocycles. The molecule has 8 nitrogen and oxygen atoms in total. The van der Waals surface area contributed by atoms with E-state index in [4.69, 9.17) is 5.73 Å². The highest BCUT2D eigenvalue weighted by Gasteiger charge is 2.41. The second-order valence-corrected chi connectivity index (χ2v) is 6.88. The second kappa shape index (κ2) is 7.34. The molecule has 3 amide bonds. The Labute approximate surface area is 156 Å². The zero-order chi connectivity index (χ0) is 19.7. The summed E-state index contributed by atoms with van der Waals surface area (Å²) in [6, 6.07) is 4.07. The molecule has 1 fully saturated rings. The van der Waals surface area contributed by atoms with Crippen LogP contribution < -0.4 is 10.7 Å². The summed E-state index contributed by atoms with van der Waals surface area (Å²) in [7, 11) is 3.30. The van der Waals surface area contributed by atoms with Crippen LogP contribution in [0.25, 0.3) is 0 Å². The molecular formula is C18H22FN5O3. The third-order valence-corrected chi connectivity index (χ3v) is 4.82. The Hall–Kier alpha value is -2.97. The van der Waals surface area contributed by atoms with Crippen molar-refractivity contribution in [2.45, 2.75) is 31.3 Å². The number of benzene rings is 1. The molecule has 1 aromatic carbocycles. The first-order valence-electron chi connectivity index (χ1n) is 8.73. The van der Waals surface area contributed by atoms with E-state index in [0.717, 1.165) is 6.42 Å². The van der Waals surface area contributed by atoms with Gasteiger partial charge in [0.05, 0.1) is 5.69 Å². The lowest BCUT2D eigenvalue weighted by Crippen LogP contribution is -2.47. The molecule has 9 heteroatoms. The summed E-state index contributed by atoms with van der Waals surface area (Å²) in [6.45, 7) is 0.458. The van der Waals surface area contributed by atoms with E-state index in [1.54, 1.807) is 14.1 Å². The number of primary amides is 1. The van der Waals surface area contributed by atoms with Gasteiger partial charge in [0, 0.05) is 27.1 Å². The number of carbonyl (C=O) groups excluding carboxylic acids is 3. The lowest BCUT2D eigenvalue weighted by molar-refractivity contribution is -0.139. The number of hydrazone groups is 1. The number of rotatable bonds is 4. The van der Waals surface area contributed by atoms with Gasteiger partial charge in [0.1, 0.15) is 23.6 Å². The third-order valence-electron chi connectivity index (χ3n) is 4.82. The van der Waals surface area contributed by atoms with Gasteiger partial charge in [0.15, 0.2) is 0 Å². The molecule has 2 atom stereocenters.